The lowest BCUT2D eigenvalue weighted by molar-refractivity contribution is 0.951. The molecular weight excluding hydrogens is 424 g/mol. The van der Waals surface area contributed by atoms with E-state index in [2.05, 4.69) is 121 Å². The number of hydrogen-bond acceptors (Lipinski definition) is 1. The third-order valence-electron chi connectivity index (χ3n) is 7.00. The van der Waals surface area contributed by atoms with Crippen LogP contribution in [0.5, 0.6) is 0 Å². The smallest absolute Gasteiger partial charge is 0.0503 e. The van der Waals surface area contributed by atoms with Gasteiger partial charge in [0, 0.05) is 33.2 Å². The first-order valence-corrected chi connectivity index (χ1v) is 12.2. The molecule has 0 saturated carbocycles. The topological polar surface area (TPSA) is 27.8 Å². The maximum absolute atomic E-state index is 4.66. The molecule has 0 fully saturated rings. The van der Waals surface area contributed by atoms with Gasteiger partial charge in [-0.1, -0.05) is 85.5 Å². The molecule has 6 rings (SSSR count). The van der Waals surface area contributed by atoms with Crippen LogP contribution >= 0.6 is 0 Å². The molecule has 0 aliphatic heterocycles. The summed E-state index contributed by atoms with van der Waals surface area (Å²) in [7, 11) is 0. The predicted octanol–water partition coefficient (Wildman–Crippen LogP) is 9.05. The van der Waals surface area contributed by atoms with Crippen LogP contribution in [0.2, 0.25) is 0 Å². The average molecular weight is 453 g/mol. The molecule has 1 aliphatic rings. The molecule has 4 aromatic carbocycles. The second-order valence-electron chi connectivity index (χ2n) is 9.10. The Labute approximate surface area is 206 Å². The number of hydrogen-bond donors (Lipinski definition) is 2. The lowest BCUT2D eigenvalue weighted by atomic mass is 9.79. The summed E-state index contributed by atoms with van der Waals surface area (Å²) in [6.45, 7) is 6.76. The summed E-state index contributed by atoms with van der Waals surface area (Å²) in [4.78, 5) is 3.71. The Morgan fingerprint density at radius 1 is 0.829 bits per heavy atom. The lowest BCUT2D eigenvalue weighted by Gasteiger charge is -2.26. The highest BCUT2D eigenvalue weighted by atomic mass is 14.9. The van der Waals surface area contributed by atoms with E-state index in [0.29, 0.717) is 0 Å². The quantitative estimate of drug-likeness (QED) is 0.273. The standard InChI is InChI=1S/C33H28N2/c1-3-11-23-18-19-29-27(20-21-28-26-15-8-10-17-31(26)35-33(28)29)32(23)22(2)25-14-7-9-16-30(25)34-24-12-5-4-6-13-24/h3-17,20-21,34-35H,2,18-19H2,1H3/b11-3-. The Morgan fingerprint density at radius 3 is 2.46 bits per heavy atom. The zero-order valence-electron chi connectivity index (χ0n) is 19.9. The van der Waals surface area contributed by atoms with E-state index < -0.39 is 0 Å². The maximum Gasteiger partial charge on any atom is 0.0503 e. The van der Waals surface area contributed by atoms with Gasteiger partial charge in [0.25, 0.3) is 0 Å². The third kappa shape index (κ3) is 3.68. The van der Waals surface area contributed by atoms with Crippen molar-refractivity contribution in [3.05, 3.63) is 132 Å². The minimum atomic E-state index is 0.994. The number of aryl methyl sites for hydroxylation is 1. The van der Waals surface area contributed by atoms with Crippen LogP contribution in [0, 0.1) is 0 Å². The first kappa shape index (κ1) is 21.2. The molecule has 0 saturated heterocycles. The predicted molar refractivity (Wildman–Crippen MR) is 151 cm³/mol. The Morgan fingerprint density at radius 2 is 1.60 bits per heavy atom. The van der Waals surface area contributed by atoms with E-state index in [-0.39, 0.29) is 0 Å². The second-order valence-corrected chi connectivity index (χ2v) is 9.10. The third-order valence-corrected chi connectivity index (χ3v) is 7.00. The maximum atomic E-state index is 4.66. The molecule has 1 heterocycles. The molecule has 170 valence electrons. The summed E-state index contributed by atoms with van der Waals surface area (Å²) in [6.07, 6.45) is 6.41. The van der Waals surface area contributed by atoms with E-state index >= 15 is 0 Å². The van der Waals surface area contributed by atoms with E-state index in [1.54, 1.807) is 0 Å². The molecule has 0 spiro atoms. The molecule has 1 aromatic heterocycles. The van der Waals surface area contributed by atoms with E-state index in [9.17, 15) is 0 Å². The van der Waals surface area contributed by atoms with Gasteiger partial charge in [-0.05, 0) is 71.9 Å². The molecule has 2 heteroatoms. The summed E-state index contributed by atoms with van der Waals surface area (Å²) in [5, 5.41) is 6.18. The van der Waals surface area contributed by atoms with Crippen LogP contribution in [0.4, 0.5) is 11.4 Å². The van der Waals surface area contributed by atoms with Crippen LogP contribution in [0.3, 0.4) is 0 Å². The highest BCUT2D eigenvalue weighted by molar-refractivity contribution is 6.14. The Kier molecular flexibility index (Phi) is 5.35. The van der Waals surface area contributed by atoms with Crippen LogP contribution in [0.25, 0.3) is 33.0 Å². The van der Waals surface area contributed by atoms with Gasteiger partial charge >= 0.3 is 0 Å². The summed E-state index contributed by atoms with van der Waals surface area (Å²) >= 11 is 0. The van der Waals surface area contributed by atoms with Gasteiger partial charge in [-0.25, -0.2) is 0 Å². The zero-order chi connectivity index (χ0) is 23.8. The van der Waals surface area contributed by atoms with E-state index in [0.717, 1.165) is 35.4 Å². The van der Waals surface area contributed by atoms with Crippen molar-refractivity contribution in [2.45, 2.75) is 19.8 Å². The van der Waals surface area contributed by atoms with Crippen molar-refractivity contribution in [1.82, 2.24) is 4.98 Å². The number of para-hydroxylation sites is 3. The van der Waals surface area contributed by atoms with Gasteiger partial charge in [0.2, 0.25) is 0 Å². The van der Waals surface area contributed by atoms with Gasteiger partial charge in [-0.15, -0.1) is 0 Å². The second kappa shape index (κ2) is 8.81. The van der Waals surface area contributed by atoms with Gasteiger partial charge in [-0.3, -0.25) is 0 Å². The fourth-order valence-corrected chi connectivity index (χ4v) is 5.42. The Bertz CT molecular complexity index is 1630. The molecule has 0 radical (unpaired) electrons. The summed E-state index contributed by atoms with van der Waals surface area (Å²) in [5.41, 5.74) is 12.0. The van der Waals surface area contributed by atoms with Gasteiger partial charge in [0.15, 0.2) is 0 Å². The van der Waals surface area contributed by atoms with Crippen LogP contribution in [0.15, 0.2) is 115 Å². The number of rotatable bonds is 5. The Hall–Kier alpha value is -4.30. The summed E-state index contributed by atoms with van der Waals surface area (Å²) < 4.78 is 0. The SMILES string of the molecule is C=C(C1=C(/C=C\C)CCc2c1ccc1c2[nH]c2ccccc21)c1ccccc1Nc1ccccc1. The first-order chi connectivity index (χ1) is 17.2. The van der Waals surface area contributed by atoms with Crippen molar-refractivity contribution in [2.75, 3.05) is 5.32 Å². The van der Waals surface area contributed by atoms with Crippen LogP contribution in [-0.4, -0.2) is 4.98 Å². The van der Waals surface area contributed by atoms with Gasteiger partial charge in [0.1, 0.15) is 0 Å². The first-order valence-electron chi connectivity index (χ1n) is 12.2. The number of aromatic amines is 1. The van der Waals surface area contributed by atoms with Crippen molar-refractivity contribution in [3.8, 4) is 0 Å². The van der Waals surface area contributed by atoms with E-state index in [4.69, 9.17) is 0 Å². The molecule has 35 heavy (non-hydrogen) atoms. The molecule has 0 bridgehead atoms. The van der Waals surface area contributed by atoms with Gasteiger partial charge < -0.3 is 10.3 Å². The monoisotopic (exact) mass is 452 g/mol. The molecular formula is C33H28N2. The number of fused-ring (bicyclic) bond motifs is 5. The minimum Gasteiger partial charge on any atom is -0.355 e. The van der Waals surface area contributed by atoms with E-state index in [1.165, 1.54) is 44.1 Å². The number of nitrogens with one attached hydrogen (secondary N) is 2. The normalized spacial score (nSPS) is 13.5. The fraction of sp³-hybridized carbons (Fsp3) is 0.0909. The highest BCUT2D eigenvalue weighted by Gasteiger charge is 2.24. The zero-order valence-corrected chi connectivity index (χ0v) is 19.9. The van der Waals surface area contributed by atoms with Crippen LogP contribution in [0.1, 0.15) is 30.0 Å². The lowest BCUT2D eigenvalue weighted by Crippen LogP contribution is -2.07. The van der Waals surface area contributed by atoms with Crippen LogP contribution in [-0.2, 0) is 6.42 Å². The molecule has 2 N–H and O–H groups in total. The van der Waals surface area contributed by atoms with Gasteiger partial charge in [0.05, 0.1) is 5.52 Å². The van der Waals surface area contributed by atoms with Crippen molar-refractivity contribution < 1.29 is 0 Å². The average Bonchev–Trinajstić information content (AvgIpc) is 3.28. The fourth-order valence-electron chi connectivity index (χ4n) is 5.42. The molecule has 1 aliphatic carbocycles. The van der Waals surface area contributed by atoms with Crippen molar-refractivity contribution in [1.29, 1.82) is 0 Å². The summed E-state index contributed by atoms with van der Waals surface area (Å²) in [6, 6.07) is 31.9. The number of benzene rings is 4. The van der Waals surface area contributed by atoms with Gasteiger partial charge in [-0.2, -0.15) is 0 Å². The van der Waals surface area contributed by atoms with Crippen molar-refractivity contribution in [3.63, 3.8) is 0 Å². The Balaban J connectivity index is 1.51. The van der Waals surface area contributed by atoms with Crippen LogP contribution < -0.4 is 5.32 Å². The van der Waals surface area contributed by atoms with Crippen molar-refractivity contribution >= 4 is 44.3 Å². The molecule has 0 amide bonds. The number of H-pyrrole nitrogens is 1. The molecule has 2 nitrogen and oxygen atoms in total. The molecule has 0 unspecified atom stereocenters. The van der Waals surface area contributed by atoms with Crippen molar-refractivity contribution in [2.24, 2.45) is 0 Å². The number of anilines is 2. The largest absolute Gasteiger partial charge is 0.355 e. The number of allylic oxidation sites excluding steroid dienone is 5. The minimum absolute atomic E-state index is 0.994. The van der Waals surface area contributed by atoms with E-state index in [1.807, 2.05) is 6.07 Å². The number of aromatic nitrogens is 1. The summed E-state index contributed by atoms with van der Waals surface area (Å²) in [5.74, 6) is 0. The molecule has 0 atom stereocenters. The molecule has 5 aromatic rings. The highest BCUT2D eigenvalue weighted by Crippen LogP contribution is 2.44.